The monoisotopic (exact) mass is 277 g/mol. The average Bonchev–Trinajstić information content (AvgIpc) is 2.74. The van der Waals surface area contributed by atoms with Crippen LogP contribution in [0, 0.1) is 0 Å². The Bertz CT molecular complexity index is 445. The van der Waals surface area contributed by atoms with Gasteiger partial charge in [-0.25, -0.2) is 13.1 Å². The van der Waals surface area contributed by atoms with Gasteiger partial charge in [0, 0.05) is 13.1 Å². The second kappa shape index (κ2) is 7.29. The summed E-state index contributed by atoms with van der Waals surface area (Å²) in [4.78, 5) is 0. The molecule has 0 atom stereocenters. The van der Waals surface area contributed by atoms with Crippen molar-refractivity contribution in [2.45, 2.75) is 20.4 Å². The number of hydrogen-bond acceptors (Lipinski definition) is 7. The molecule has 3 N–H and O–H groups in total. The van der Waals surface area contributed by atoms with Crippen LogP contribution in [0.25, 0.3) is 0 Å². The van der Waals surface area contributed by atoms with Crippen LogP contribution in [0.1, 0.15) is 19.7 Å². The van der Waals surface area contributed by atoms with E-state index in [1.807, 2.05) is 6.92 Å². The molecule has 18 heavy (non-hydrogen) atoms. The molecule has 0 aliphatic rings. The normalized spacial score (nSPS) is 11.7. The van der Waals surface area contributed by atoms with Gasteiger partial charge >= 0.3 is 6.01 Å². The molecule has 0 aromatic carbocycles. The zero-order valence-corrected chi connectivity index (χ0v) is 11.4. The number of aromatic nitrogens is 2. The summed E-state index contributed by atoms with van der Waals surface area (Å²) in [6.45, 7) is 5.62. The summed E-state index contributed by atoms with van der Waals surface area (Å²) >= 11 is 0. The molecular weight excluding hydrogens is 258 g/mol. The van der Waals surface area contributed by atoms with Crippen molar-refractivity contribution < 1.29 is 12.8 Å². The molecule has 1 aromatic heterocycles. The molecule has 0 spiro atoms. The second-order valence-electron chi connectivity index (χ2n) is 3.52. The summed E-state index contributed by atoms with van der Waals surface area (Å²) in [6.07, 6.45) is 0. The fourth-order valence-electron chi connectivity index (χ4n) is 1.21. The molecule has 0 bridgehead atoms. The topological polar surface area (TPSA) is 109 Å². The first kappa shape index (κ1) is 14.9. The minimum atomic E-state index is -3.22. The molecule has 0 saturated carbocycles. The molecule has 9 heteroatoms. The van der Waals surface area contributed by atoms with Crippen molar-refractivity contribution >= 4 is 16.0 Å². The van der Waals surface area contributed by atoms with Crippen molar-refractivity contribution in [2.75, 3.05) is 30.7 Å². The Morgan fingerprint density at radius 2 is 2.00 bits per heavy atom. The van der Waals surface area contributed by atoms with Crippen LogP contribution >= 0.6 is 0 Å². The molecule has 0 aliphatic heterocycles. The van der Waals surface area contributed by atoms with Gasteiger partial charge < -0.3 is 15.1 Å². The second-order valence-corrected chi connectivity index (χ2v) is 5.45. The lowest BCUT2D eigenvalue weighted by atomic mass is 10.6. The SMILES string of the molecule is CCNCc1nnc(NCCS(=O)(=O)NCC)o1. The Kier molecular flexibility index (Phi) is 6.02. The van der Waals surface area contributed by atoms with Gasteiger partial charge in [-0.15, -0.1) is 5.10 Å². The fraction of sp³-hybridized carbons (Fsp3) is 0.778. The van der Waals surface area contributed by atoms with E-state index in [1.54, 1.807) is 6.92 Å². The molecule has 8 nitrogen and oxygen atoms in total. The van der Waals surface area contributed by atoms with Crippen molar-refractivity contribution in [2.24, 2.45) is 0 Å². The van der Waals surface area contributed by atoms with E-state index < -0.39 is 10.0 Å². The van der Waals surface area contributed by atoms with Gasteiger partial charge in [-0.1, -0.05) is 18.9 Å². The van der Waals surface area contributed by atoms with E-state index in [2.05, 4.69) is 25.6 Å². The zero-order valence-electron chi connectivity index (χ0n) is 10.6. The summed E-state index contributed by atoms with van der Waals surface area (Å²) in [5.41, 5.74) is 0. The fourth-order valence-corrected chi connectivity index (χ4v) is 2.17. The van der Waals surface area contributed by atoms with Gasteiger partial charge in [0.25, 0.3) is 0 Å². The number of nitrogens with zero attached hydrogens (tertiary/aromatic N) is 2. The lowest BCUT2D eigenvalue weighted by Crippen LogP contribution is -2.29. The van der Waals surface area contributed by atoms with Crippen LogP contribution in [0.2, 0.25) is 0 Å². The maximum atomic E-state index is 11.3. The van der Waals surface area contributed by atoms with E-state index in [9.17, 15) is 8.42 Å². The number of nitrogens with one attached hydrogen (secondary N) is 3. The van der Waals surface area contributed by atoms with Crippen molar-refractivity contribution in [1.29, 1.82) is 0 Å². The predicted molar refractivity (Wildman–Crippen MR) is 67.6 cm³/mol. The Labute approximate surface area is 107 Å². The highest BCUT2D eigenvalue weighted by Gasteiger charge is 2.09. The van der Waals surface area contributed by atoms with Crippen LogP contribution < -0.4 is 15.4 Å². The number of anilines is 1. The van der Waals surface area contributed by atoms with Gasteiger partial charge in [0.15, 0.2) is 0 Å². The summed E-state index contributed by atoms with van der Waals surface area (Å²) in [7, 11) is -3.22. The molecule has 104 valence electrons. The van der Waals surface area contributed by atoms with E-state index in [1.165, 1.54) is 0 Å². The minimum Gasteiger partial charge on any atom is -0.407 e. The highest BCUT2D eigenvalue weighted by atomic mass is 32.2. The largest absolute Gasteiger partial charge is 0.407 e. The number of sulfonamides is 1. The standard InChI is InChI=1S/C9H19N5O3S/c1-3-10-7-8-13-14-9(17-8)11-5-6-18(15,16)12-4-2/h10,12H,3-7H2,1-2H3,(H,11,14). The molecule has 0 aliphatic carbocycles. The highest BCUT2D eigenvalue weighted by molar-refractivity contribution is 7.89. The number of hydrogen-bond donors (Lipinski definition) is 3. The highest BCUT2D eigenvalue weighted by Crippen LogP contribution is 2.04. The van der Waals surface area contributed by atoms with Crippen molar-refractivity contribution in [3.05, 3.63) is 5.89 Å². The lowest BCUT2D eigenvalue weighted by molar-refractivity contribution is 0.482. The molecule has 1 rings (SSSR count). The third-order valence-electron chi connectivity index (χ3n) is 2.00. The maximum Gasteiger partial charge on any atom is 0.315 e. The quantitative estimate of drug-likeness (QED) is 0.560. The van der Waals surface area contributed by atoms with Crippen LogP contribution in [-0.4, -0.2) is 44.0 Å². The van der Waals surface area contributed by atoms with Crippen molar-refractivity contribution in [3.8, 4) is 0 Å². The van der Waals surface area contributed by atoms with E-state index in [0.717, 1.165) is 6.54 Å². The summed E-state index contributed by atoms with van der Waals surface area (Å²) in [5, 5.41) is 13.4. The lowest BCUT2D eigenvalue weighted by Gasteiger charge is -2.03. The van der Waals surface area contributed by atoms with Gasteiger partial charge in [-0.3, -0.25) is 0 Å². The Morgan fingerprint density at radius 1 is 1.22 bits per heavy atom. The molecule has 0 amide bonds. The van der Waals surface area contributed by atoms with Gasteiger partial charge in [-0.2, -0.15) is 0 Å². The molecule has 1 aromatic rings. The van der Waals surface area contributed by atoms with Crippen LogP contribution in [0.15, 0.2) is 4.42 Å². The average molecular weight is 277 g/mol. The Hall–Kier alpha value is -1.19. The first-order valence-corrected chi connectivity index (χ1v) is 7.47. The smallest absolute Gasteiger partial charge is 0.315 e. The summed E-state index contributed by atoms with van der Waals surface area (Å²) < 4.78 is 30.3. The zero-order chi connectivity index (χ0) is 13.4. The van der Waals surface area contributed by atoms with Crippen LogP contribution in [0.3, 0.4) is 0 Å². The van der Waals surface area contributed by atoms with Gasteiger partial charge in [0.2, 0.25) is 15.9 Å². The van der Waals surface area contributed by atoms with Crippen LogP contribution in [-0.2, 0) is 16.6 Å². The maximum absolute atomic E-state index is 11.3. The summed E-state index contributed by atoms with van der Waals surface area (Å²) in [5.74, 6) is 0.431. The van der Waals surface area contributed by atoms with E-state index in [4.69, 9.17) is 4.42 Å². The Morgan fingerprint density at radius 3 is 2.67 bits per heavy atom. The third-order valence-corrected chi connectivity index (χ3v) is 3.47. The Balaban J connectivity index is 2.33. The molecule has 0 fully saturated rings. The molecule has 0 radical (unpaired) electrons. The molecular formula is C9H19N5O3S. The van der Waals surface area contributed by atoms with E-state index >= 15 is 0 Å². The minimum absolute atomic E-state index is 0.0359. The van der Waals surface area contributed by atoms with E-state index in [-0.39, 0.29) is 18.3 Å². The van der Waals surface area contributed by atoms with Gasteiger partial charge in [0.1, 0.15) is 0 Å². The first-order chi connectivity index (χ1) is 8.57. The first-order valence-electron chi connectivity index (χ1n) is 5.81. The third kappa shape index (κ3) is 5.43. The molecule has 1 heterocycles. The molecule has 0 unspecified atom stereocenters. The van der Waals surface area contributed by atoms with Crippen LogP contribution in [0.4, 0.5) is 6.01 Å². The predicted octanol–water partition coefficient (Wildman–Crippen LogP) is -0.470. The van der Waals surface area contributed by atoms with Crippen molar-refractivity contribution in [1.82, 2.24) is 20.2 Å². The summed E-state index contributed by atoms with van der Waals surface area (Å²) in [6, 6.07) is 0.231. The van der Waals surface area contributed by atoms with Gasteiger partial charge in [0.05, 0.1) is 12.3 Å². The van der Waals surface area contributed by atoms with Crippen molar-refractivity contribution in [3.63, 3.8) is 0 Å². The van der Waals surface area contributed by atoms with Crippen LogP contribution in [0.5, 0.6) is 0 Å². The van der Waals surface area contributed by atoms with E-state index in [0.29, 0.717) is 19.0 Å². The number of rotatable bonds is 9. The van der Waals surface area contributed by atoms with Gasteiger partial charge in [-0.05, 0) is 6.54 Å². The molecule has 0 saturated heterocycles.